The minimum Gasteiger partial charge on any atom is -0.497 e. The molecule has 0 atom stereocenters. The van der Waals surface area contributed by atoms with E-state index in [0.717, 1.165) is 28.0 Å². The highest BCUT2D eigenvalue weighted by molar-refractivity contribution is 7.98. The van der Waals surface area contributed by atoms with Gasteiger partial charge in [-0.1, -0.05) is 34.6 Å². The van der Waals surface area contributed by atoms with Crippen molar-refractivity contribution in [3.63, 3.8) is 0 Å². The Hall–Kier alpha value is -3.85. The molecule has 0 aliphatic rings. The maximum atomic E-state index is 5.38. The third-order valence-corrected chi connectivity index (χ3v) is 5.72. The molecule has 0 aliphatic heterocycles. The van der Waals surface area contributed by atoms with Crippen LogP contribution in [-0.4, -0.2) is 32.0 Å². The summed E-state index contributed by atoms with van der Waals surface area (Å²) < 4.78 is 18.0. The average molecular weight is 446 g/mol. The largest absolute Gasteiger partial charge is 0.497 e. The van der Waals surface area contributed by atoms with Crippen molar-refractivity contribution in [2.75, 3.05) is 7.11 Å². The van der Waals surface area contributed by atoms with Crippen molar-refractivity contribution in [3.05, 3.63) is 78.4 Å². The number of aromatic nitrogens is 5. The summed E-state index contributed by atoms with van der Waals surface area (Å²) in [5.74, 6) is 3.43. The van der Waals surface area contributed by atoms with Gasteiger partial charge in [0.1, 0.15) is 5.75 Å². The number of hydrogen-bond donors (Lipinski definition) is 0. The molecule has 0 unspecified atom stereocenters. The molecule has 5 aromatic rings. The molecule has 0 saturated heterocycles. The van der Waals surface area contributed by atoms with Gasteiger partial charge in [0.2, 0.25) is 11.7 Å². The van der Waals surface area contributed by atoms with Gasteiger partial charge in [0.25, 0.3) is 0 Å². The number of nitrogens with zero attached hydrogens (tertiary/aromatic N) is 5. The van der Waals surface area contributed by atoms with Gasteiger partial charge in [-0.3, -0.25) is 4.57 Å². The summed E-state index contributed by atoms with van der Waals surface area (Å²) in [6.07, 6.45) is 1.57. The van der Waals surface area contributed by atoms with Crippen LogP contribution in [0.3, 0.4) is 0 Å². The number of ether oxygens (including phenoxy) is 1. The molecule has 5 rings (SSSR count). The fourth-order valence-corrected chi connectivity index (χ4v) is 3.95. The van der Waals surface area contributed by atoms with Crippen LogP contribution >= 0.6 is 11.8 Å². The van der Waals surface area contributed by atoms with Gasteiger partial charge in [-0.2, -0.15) is 4.98 Å². The Morgan fingerprint density at radius 3 is 2.53 bits per heavy atom. The van der Waals surface area contributed by atoms with Crippen molar-refractivity contribution in [2.45, 2.75) is 17.8 Å². The maximum Gasteiger partial charge on any atom is 0.238 e. The third kappa shape index (κ3) is 4.02. The average Bonchev–Trinajstić information content (AvgIpc) is 3.59. The molecule has 2 aromatic carbocycles. The van der Waals surface area contributed by atoms with Gasteiger partial charge >= 0.3 is 0 Å². The molecule has 8 nitrogen and oxygen atoms in total. The zero-order valence-electron chi connectivity index (χ0n) is 17.4. The first-order valence-electron chi connectivity index (χ1n) is 9.87. The molecule has 0 amide bonds. The summed E-state index contributed by atoms with van der Waals surface area (Å²) in [7, 11) is 1.65. The van der Waals surface area contributed by atoms with Crippen LogP contribution in [0.25, 0.3) is 28.7 Å². The highest BCUT2D eigenvalue weighted by atomic mass is 32.2. The molecule has 0 fully saturated rings. The van der Waals surface area contributed by atoms with Crippen LogP contribution in [0.4, 0.5) is 0 Å². The molecular formula is C23H19N5O3S. The molecule has 3 heterocycles. The van der Waals surface area contributed by atoms with Gasteiger partial charge in [0.15, 0.2) is 16.7 Å². The highest BCUT2D eigenvalue weighted by Gasteiger charge is 2.18. The first kappa shape index (κ1) is 20.1. The van der Waals surface area contributed by atoms with E-state index in [-0.39, 0.29) is 0 Å². The zero-order valence-corrected chi connectivity index (χ0v) is 18.2. The van der Waals surface area contributed by atoms with Crippen LogP contribution in [0.15, 0.2) is 81.0 Å². The zero-order chi connectivity index (χ0) is 21.9. The van der Waals surface area contributed by atoms with E-state index < -0.39 is 0 Å². The first-order chi connectivity index (χ1) is 15.7. The van der Waals surface area contributed by atoms with Crippen LogP contribution in [0.5, 0.6) is 5.75 Å². The van der Waals surface area contributed by atoms with E-state index in [2.05, 4.69) is 51.5 Å². The van der Waals surface area contributed by atoms with Crippen molar-refractivity contribution in [1.29, 1.82) is 0 Å². The number of benzene rings is 2. The lowest BCUT2D eigenvalue weighted by Gasteiger charge is -2.10. The van der Waals surface area contributed by atoms with E-state index >= 15 is 0 Å². The maximum absolute atomic E-state index is 5.38. The van der Waals surface area contributed by atoms with Crippen LogP contribution in [0, 0.1) is 6.92 Å². The molecule has 32 heavy (non-hydrogen) atoms. The number of thioether (sulfide) groups is 1. The predicted molar refractivity (Wildman–Crippen MR) is 120 cm³/mol. The van der Waals surface area contributed by atoms with Crippen LogP contribution in [0.2, 0.25) is 0 Å². The number of aryl methyl sites for hydroxylation is 1. The van der Waals surface area contributed by atoms with Gasteiger partial charge in [-0.15, -0.1) is 10.2 Å². The standard InChI is InChI=1S/C23H19N5O3S/c1-15-5-9-17(10-6-15)28-22(16-7-11-18(29-2)12-8-16)25-26-23(28)32-14-20-24-21(27-31-20)19-4-3-13-30-19/h3-13H,14H2,1-2H3. The molecule has 0 saturated carbocycles. The second kappa shape index (κ2) is 8.72. The molecule has 0 spiro atoms. The number of furan rings is 1. The summed E-state index contributed by atoms with van der Waals surface area (Å²) in [5, 5.41) is 13.6. The van der Waals surface area contributed by atoms with Crippen molar-refractivity contribution in [3.8, 4) is 34.4 Å². The SMILES string of the molecule is COc1ccc(-c2nnc(SCc3nc(-c4ccco4)no3)n2-c2ccc(C)cc2)cc1. The quantitative estimate of drug-likeness (QED) is 0.316. The topological polar surface area (TPSA) is 92.0 Å². The van der Waals surface area contributed by atoms with E-state index in [1.54, 1.807) is 25.5 Å². The highest BCUT2D eigenvalue weighted by Crippen LogP contribution is 2.31. The molecule has 160 valence electrons. The van der Waals surface area contributed by atoms with Crippen molar-refractivity contribution < 1.29 is 13.7 Å². The lowest BCUT2D eigenvalue weighted by Crippen LogP contribution is -2.00. The van der Waals surface area contributed by atoms with E-state index in [1.807, 2.05) is 28.8 Å². The van der Waals surface area contributed by atoms with E-state index in [4.69, 9.17) is 13.7 Å². The Labute approximate surface area is 188 Å². The Balaban J connectivity index is 1.46. The smallest absolute Gasteiger partial charge is 0.238 e. The van der Waals surface area contributed by atoms with E-state index in [1.165, 1.54) is 17.3 Å². The Morgan fingerprint density at radius 2 is 1.81 bits per heavy atom. The van der Waals surface area contributed by atoms with Gasteiger partial charge in [0.05, 0.1) is 19.1 Å². The van der Waals surface area contributed by atoms with Crippen LogP contribution < -0.4 is 4.74 Å². The van der Waals surface area contributed by atoms with Gasteiger partial charge in [-0.25, -0.2) is 0 Å². The van der Waals surface area contributed by atoms with Crippen LogP contribution in [-0.2, 0) is 5.75 Å². The fourth-order valence-electron chi connectivity index (χ4n) is 3.16. The summed E-state index contributed by atoms with van der Waals surface area (Å²) in [4.78, 5) is 4.40. The lowest BCUT2D eigenvalue weighted by atomic mass is 10.2. The summed E-state index contributed by atoms with van der Waals surface area (Å²) >= 11 is 1.47. The second-order valence-corrected chi connectivity index (χ2v) is 7.93. The minimum atomic E-state index is 0.421. The van der Waals surface area contributed by atoms with Crippen LogP contribution in [0.1, 0.15) is 11.5 Å². The summed E-state index contributed by atoms with van der Waals surface area (Å²) in [5.41, 5.74) is 3.08. The van der Waals surface area contributed by atoms with Crippen molar-refractivity contribution in [2.24, 2.45) is 0 Å². The van der Waals surface area contributed by atoms with Gasteiger partial charge in [-0.05, 0) is 55.5 Å². The summed E-state index contributed by atoms with van der Waals surface area (Å²) in [6, 6.07) is 19.6. The normalized spacial score (nSPS) is 11.1. The molecule has 3 aromatic heterocycles. The molecule has 0 N–H and O–H groups in total. The number of rotatable bonds is 7. The van der Waals surface area contributed by atoms with Crippen molar-refractivity contribution in [1.82, 2.24) is 24.9 Å². The molecule has 9 heteroatoms. The Bertz CT molecular complexity index is 1310. The monoisotopic (exact) mass is 445 g/mol. The second-order valence-electron chi connectivity index (χ2n) is 6.98. The van der Waals surface area contributed by atoms with Gasteiger partial charge < -0.3 is 13.7 Å². The summed E-state index contributed by atoms with van der Waals surface area (Å²) in [6.45, 7) is 2.06. The molecular weight excluding hydrogens is 426 g/mol. The third-order valence-electron chi connectivity index (χ3n) is 4.81. The predicted octanol–water partition coefficient (Wildman–Crippen LogP) is 5.19. The van der Waals surface area contributed by atoms with Crippen molar-refractivity contribution >= 4 is 11.8 Å². The Kier molecular flexibility index (Phi) is 5.47. The fraction of sp³-hybridized carbons (Fsp3) is 0.130. The minimum absolute atomic E-state index is 0.421. The Morgan fingerprint density at radius 1 is 1.00 bits per heavy atom. The van der Waals surface area contributed by atoms with Gasteiger partial charge in [0, 0.05) is 11.3 Å². The van der Waals surface area contributed by atoms with E-state index in [0.29, 0.717) is 23.2 Å². The molecule has 0 radical (unpaired) electrons. The number of hydrogen-bond acceptors (Lipinski definition) is 8. The molecule has 0 aliphatic carbocycles. The van der Waals surface area contributed by atoms with E-state index in [9.17, 15) is 0 Å². The number of methoxy groups -OCH3 is 1. The molecule has 0 bridgehead atoms. The first-order valence-corrected chi connectivity index (χ1v) is 10.9. The lowest BCUT2D eigenvalue weighted by molar-refractivity contribution is 0.390.